The Kier molecular flexibility index (Phi) is 3.83. The largest absolute Gasteiger partial charge is 0.497 e. The van der Waals surface area contributed by atoms with E-state index in [-0.39, 0.29) is 5.78 Å². The molecule has 0 spiro atoms. The van der Waals surface area contributed by atoms with Crippen LogP contribution in [-0.2, 0) is 4.79 Å². The molecule has 1 aromatic carbocycles. The van der Waals surface area contributed by atoms with Gasteiger partial charge in [0.25, 0.3) is 0 Å². The Morgan fingerprint density at radius 1 is 1.31 bits per heavy atom. The van der Waals surface area contributed by atoms with Crippen LogP contribution in [0.3, 0.4) is 0 Å². The van der Waals surface area contributed by atoms with Crippen molar-refractivity contribution in [2.45, 2.75) is 6.92 Å². The van der Waals surface area contributed by atoms with Crippen molar-refractivity contribution in [1.82, 2.24) is 0 Å². The summed E-state index contributed by atoms with van der Waals surface area (Å²) < 4.78 is 4.99. The molecule has 0 aliphatic rings. The second-order valence-corrected chi connectivity index (χ2v) is 3.22. The number of hydrogen-bond acceptors (Lipinski definition) is 3. The molecule has 4 nitrogen and oxygen atoms in total. The fourth-order valence-electron chi connectivity index (χ4n) is 1.23. The lowest BCUT2D eigenvalue weighted by Crippen LogP contribution is -2.00. The first-order chi connectivity index (χ1) is 7.54. The van der Waals surface area contributed by atoms with Crippen LogP contribution in [0.4, 0.5) is 0 Å². The number of methoxy groups -OCH3 is 1. The number of carbonyl (C=O) groups is 2. The molecular weight excluding hydrogens is 208 g/mol. The van der Waals surface area contributed by atoms with Crippen LogP contribution >= 0.6 is 0 Å². The topological polar surface area (TPSA) is 63.6 Å². The summed E-state index contributed by atoms with van der Waals surface area (Å²) >= 11 is 0. The number of ketones is 1. The summed E-state index contributed by atoms with van der Waals surface area (Å²) in [6.07, 6.45) is 1.85. The van der Waals surface area contributed by atoms with Crippen LogP contribution in [0.5, 0.6) is 5.75 Å². The molecule has 0 unspecified atom stereocenters. The van der Waals surface area contributed by atoms with E-state index in [9.17, 15) is 9.59 Å². The third-order valence-electron chi connectivity index (χ3n) is 2.09. The van der Waals surface area contributed by atoms with Gasteiger partial charge in [0.15, 0.2) is 5.78 Å². The van der Waals surface area contributed by atoms with Crippen LogP contribution in [-0.4, -0.2) is 24.0 Å². The first kappa shape index (κ1) is 12.0. The van der Waals surface area contributed by atoms with Gasteiger partial charge >= 0.3 is 5.97 Å². The van der Waals surface area contributed by atoms with Crippen molar-refractivity contribution in [2.75, 3.05) is 7.11 Å². The summed E-state index contributed by atoms with van der Waals surface area (Å²) in [4.78, 5) is 21.9. The van der Waals surface area contributed by atoms with Gasteiger partial charge in [-0.2, -0.15) is 0 Å². The summed E-state index contributed by atoms with van der Waals surface area (Å²) in [6.45, 7) is 1.78. The van der Waals surface area contributed by atoms with Crippen molar-refractivity contribution in [3.8, 4) is 5.75 Å². The number of hydrogen-bond donors (Lipinski definition) is 1. The summed E-state index contributed by atoms with van der Waals surface area (Å²) in [7, 11) is 1.51. The average Bonchev–Trinajstić information content (AvgIpc) is 2.26. The minimum absolute atomic E-state index is 0.348. The molecule has 0 amide bonds. The number of allylic oxidation sites excluding steroid dienone is 1. The summed E-state index contributed by atoms with van der Waals surface area (Å²) in [6, 6.07) is 5.08. The van der Waals surface area contributed by atoms with Gasteiger partial charge in [-0.25, -0.2) is 4.79 Å². The molecule has 0 aliphatic heterocycles. The zero-order valence-corrected chi connectivity index (χ0v) is 9.06. The van der Waals surface area contributed by atoms with E-state index >= 15 is 0 Å². The molecule has 16 heavy (non-hydrogen) atoms. The van der Waals surface area contributed by atoms with E-state index in [1.54, 1.807) is 25.1 Å². The molecule has 1 aromatic rings. The van der Waals surface area contributed by atoms with E-state index in [4.69, 9.17) is 9.84 Å². The lowest BCUT2D eigenvalue weighted by atomic mass is 10.0. The van der Waals surface area contributed by atoms with Gasteiger partial charge < -0.3 is 9.84 Å². The van der Waals surface area contributed by atoms with Gasteiger partial charge in [-0.15, -0.1) is 0 Å². The highest BCUT2D eigenvalue weighted by atomic mass is 16.5. The van der Waals surface area contributed by atoms with Gasteiger partial charge in [0.2, 0.25) is 0 Å². The number of aliphatic carboxylic acids is 1. The predicted molar refractivity (Wildman–Crippen MR) is 58.8 cm³/mol. The molecule has 0 radical (unpaired) electrons. The molecule has 1 rings (SSSR count). The molecule has 84 valence electrons. The van der Waals surface area contributed by atoms with E-state index in [0.717, 1.165) is 17.7 Å². The third-order valence-corrected chi connectivity index (χ3v) is 2.09. The van der Waals surface area contributed by atoms with Gasteiger partial charge in [-0.1, -0.05) is 6.07 Å². The Morgan fingerprint density at radius 3 is 2.56 bits per heavy atom. The van der Waals surface area contributed by atoms with Crippen LogP contribution in [0, 0.1) is 6.92 Å². The average molecular weight is 220 g/mol. The van der Waals surface area contributed by atoms with E-state index in [0.29, 0.717) is 11.3 Å². The Labute approximate surface area is 93.2 Å². The first-order valence-electron chi connectivity index (χ1n) is 4.64. The highest BCUT2D eigenvalue weighted by Gasteiger charge is 2.07. The maximum absolute atomic E-state index is 11.6. The molecule has 4 heteroatoms. The SMILES string of the molecule is COc1ccc(C)c(C(=O)/C=C/C(=O)O)c1. The number of carbonyl (C=O) groups excluding carboxylic acids is 1. The van der Waals surface area contributed by atoms with Gasteiger partial charge in [-0.05, 0) is 30.7 Å². The van der Waals surface area contributed by atoms with Gasteiger partial charge in [0.1, 0.15) is 5.75 Å². The molecule has 0 heterocycles. The first-order valence-corrected chi connectivity index (χ1v) is 4.64. The van der Waals surface area contributed by atoms with Crippen LogP contribution in [0.2, 0.25) is 0 Å². The number of rotatable bonds is 4. The van der Waals surface area contributed by atoms with E-state index in [1.807, 2.05) is 0 Å². The number of benzene rings is 1. The molecule has 0 aromatic heterocycles. The zero-order valence-electron chi connectivity index (χ0n) is 9.06. The highest BCUT2D eigenvalue weighted by Crippen LogP contribution is 2.17. The van der Waals surface area contributed by atoms with Crippen molar-refractivity contribution >= 4 is 11.8 Å². The third kappa shape index (κ3) is 2.95. The molecule has 1 N–H and O–H groups in total. The lowest BCUT2D eigenvalue weighted by molar-refractivity contribution is -0.131. The normalized spacial score (nSPS) is 10.4. The molecule has 0 aliphatic carbocycles. The highest BCUT2D eigenvalue weighted by molar-refractivity contribution is 6.07. The van der Waals surface area contributed by atoms with E-state index in [2.05, 4.69) is 0 Å². The lowest BCUT2D eigenvalue weighted by Gasteiger charge is -2.04. The Morgan fingerprint density at radius 2 is 2.00 bits per heavy atom. The molecule has 0 atom stereocenters. The Bertz CT molecular complexity index is 446. The smallest absolute Gasteiger partial charge is 0.328 e. The van der Waals surface area contributed by atoms with Crippen LogP contribution in [0.25, 0.3) is 0 Å². The molecule has 0 fully saturated rings. The zero-order chi connectivity index (χ0) is 12.1. The Hall–Kier alpha value is -2.10. The number of carboxylic acid groups (broad SMARTS) is 1. The van der Waals surface area contributed by atoms with Gasteiger partial charge in [0.05, 0.1) is 7.11 Å². The summed E-state index contributed by atoms with van der Waals surface area (Å²) in [5.74, 6) is -0.926. The van der Waals surface area contributed by atoms with Crippen molar-refractivity contribution < 1.29 is 19.4 Å². The van der Waals surface area contributed by atoms with Crippen molar-refractivity contribution in [1.29, 1.82) is 0 Å². The monoisotopic (exact) mass is 220 g/mol. The summed E-state index contributed by atoms with van der Waals surface area (Å²) in [5, 5.41) is 8.42. The van der Waals surface area contributed by atoms with Crippen molar-refractivity contribution in [2.24, 2.45) is 0 Å². The fourth-order valence-corrected chi connectivity index (χ4v) is 1.23. The maximum Gasteiger partial charge on any atom is 0.328 e. The van der Waals surface area contributed by atoms with E-state index < -0.39 is 5.97 Å². The van der Waals surface area contributed by atoms with Crippen molar-refractivity contribution in [3.63, 3.8) is 0 Å². The van der Waals surface area contributed by atoms with Crippen LogP contribution in [0.1, 0.15) is 15.9 Å². The second kappa shape index (κ2) is 5.11. The molecular formula is C12H12O4. The molecule has 0 saturated carbocycles. The van der Waals surface area contributed by atoms with Crippen molar-refractivity contribution in [3.05, 3.63) is 41.5 Å². The number of carboxylic acids is 1. The Balaban J connectivity index is 3.02. The minimum atomic E-state index is -1.14. The van der Waals surface area contributed by atoms with Crippen LogP contribution in [0.15, 0.2) is 30.4 Å². The molecule has 0 saturated heterocycles. The second-order valence-electron chi connectivity index (χ2n) is 3.22. The minimum Gasteiger partial charge on any atom is -0.497 e. The number of ether oxygens (including phenoxy) is 1. The van der Waals surface area contributed by atoms with E-state index in [1.165, 1.54) is 7.11 Å². The standard InChI is InChI=1S/C12H12O4/c1-8-3-4-9(16-2)7-10(8)11(13)5-6-12(14)15/h3-7H,1-2H3,(H,14,15)/b6-5+. The molecule has 0 bridgehead atoms. The van der Waals surface area contributed by atoms with Gasteiger partial charge in [-0.3, -0.25) is 4.79 Å². The van der Waals surface area contributed by atoms with Crippen LogP contribution < -0.4 is 4.74 Å². The summed E-state index contributed by atoms with van der Waals surface area (Å²) in [5.41, 5.74) is 1.22. The quantitative estimate of drug-likeness (QED) is 0.621. The number of aryl methyl sites for hydroxylation is 1. The maximum atomic E-state index is 11.6. The van der Waals surface area contributed by atoms with Gasteiger partial charge in [0, 0.05) is 11.6 Å². The predicted octanol–water partition coefficient (Wildman–Crippen LogP) is 1.83. The fraction of sp³-hybridized carbons (Fsp3) is 0.167.